The van der Waals surface area contributed by atoms with Gasteiger partial charge in [0.05, 0.1) is 13.1 Å². The molecule has 0 unspecified atom stereocenters. The molecule has 0 aromatic carbocycles. The van der Waals surface area contributed by atoms with E-state index in [4.69, 9.17) is 5.84 Å². The van der Waals surface area contributed by atoms with Gasteiger partial charge in [0.1, 0.15) is 5.69 Å². The number of aryl methyl sites for hydroxylation is 1. The van der Waals surface area contributed by atoms with Crippen LogP contribution in [0.4, 0.5) is 14.7 Å². The molecule has 2 rings (SSSR count). The van der Waals surface area contributed by atoms with Crippen LogP contribution in [0.25, 0.3) is 0 Å². The normalized spacial score (nSPS) is 17.5. The molecular weight excluding hydrogens is 232 g/mol. The zero-order valence-electron chi connectivity index (χ0n) is 9.07. The maximum absolute atomic E-state index is 12.7. The summed E-state index contributed by atoms with van der Waals surface area (Å²) in [5.41, 5.74) is 2.51. The molecule has 0 aliphatic carbocycles. The minimum Gasteiger partial charge on any atom is -0.329 e. The maximum atomic E-state index is 12.7. The molecule has 1 aliphatic heterocycles. The van der Waals surface area contributed by atoms with Crippen LogP contribution in [0, 0.1) is 6.92 Å². The van der Waals surface area contributed by atoms with Gasteiger partial charge in [-0.1, -0.05) is 0 Å². The van der Waals surface area contributed by atoms with Gasteiger partial charge in [0.15, 0.2) is 0 Å². The summed E-state index contributed by atoms with van der Waals surface area (Å²) in [6, 6.07) is 1.43. The lowest BCUT2D eigenvalue weighted by molar-refractivity contribution is -0.0272. The molecule has 1 saturated heterocycles. The molecule has 1 aromatic rings. The van der Waals surface area contributed by atoms with E-state index in [1.807, 2.05) is 5.43 Å². The first-order valence-electron chi connectivity index (χ1n) is 4.91. The SMILES string of the molecule is Cc1cc(C(=O)NN)nc(N2CC(F)(F)C2)n1. The van der Waals surface area contributed by atoms with Gasteiger partial charge in [-0.15, -0.1) is 0 Å². The number of nitrogens with two attached hydrogens (primary N) is 1. The largest absolute Gasteiger partial charge is 0.329 e. The monoisotopic (exact) mass is 243 g/mol. The number of amides is 1. The minimum absolute atomic E-state index is 0.0604. The molecule has 0 saturated carbocycles. The summed E-state index contributed by atoms with van der Waals surface area (Å²) in [6.45, 7) is 0.788. The first kappa shape index (κ1) is 11.6. The number of halogens is 2. The van der Waals surface area contributed by atoms with E-state index in [1.165, 1.54) is 11.0 Å². The number of carbonyl (C=O) groups is 1. The summed E-state index contributed by atoms with van der Waals surface area (Å²) in [7, 11) is 0. The number of aromatic nitrogens is 2. The van der Waals surface area contributed by atoms with Crippen LogP contribution in [0.1, 0.15) is 16.2 Å². The Morgan fingerprint density at radius 2 is 2.18 bits per heavy atom. The molecule has 1 aliphatic rings. The number of alkyl halides is 2. The van der Waals surface area contributed by atoms with Gasteiger partial charge in [-0.2, -0.15) is 0 Å². The number of carbonyl (C=O) groups excluding carboxylic acids is 1. The highest BCUT2D eigenvalue weighted by Crippen LogP contribution is 2.29. The average Bonchev–Trinajstić information content (AvgIpc) is 2.23. The molecule has 92 valence electrons. The summed E-state index contributed by atoms with van der Waals surface area (Å²) in [5.74, 6) is 1.81. The maximum Gasteiger partial charge on any atom is 0.283 e. The van der Waals surface area contributed by atoms with Crippen molar-refractivity contribution < 1.29 is 13.6 Å². The van der Waals surface area contributed by atoms with Gasteiger partial charge in [0.25, 0.3) is 11.8 Å². The highest BCUT2D eigenvalue weighted by molar-refractivity contribution is 5.92. The first-order chi connectivity index (χ1) is 7.91. The Hall–Kier alpha value is -1.83. The molecule has 2 heterocycles. The minimum atomic E-state index is -2.70. The second kappa shape index (κ2) is 3.88. The van der Waals surface area contributed by atoms with E-state index in [2.05, 4.69) is 9.97 Å². The highest BCUT2D eigenvalue weighted by atomic mass is 19.3. The molecular formula is C9H11F2N5O. The number of nitrogen functional groups attached to an aromatic ring is 1. The predicted octanol–water partition coefficient (Wildman–Crippen LogP) is -0.156. The van der Waals surface area contributed by atoms with Crippen molar-refractivity contribution in [3.8, 4) is 0 Å². The lowest BCUT2D eigenvalue weighted by Crippen LogP contribution is -2.57. The van der Waals surface area contributed by atoms with E-state index in [0.29, 0.717) is 5.69 Å². The van der Waals surface area contributed by atoms with Gasteiger partial charge in [-0.05, 0) is 13.0 Å². The van der Waals surface area contributed by atoms with Gasteiger partial charge >= 0.3 is 0 Å². The second-order valence-corrected chi connectivity index (χ2v) is 3.88. The topological polar surface area (TPSA) is 84.1 Å². The van der Waals surface area contributed by atoms with Crippen LogP contribution in [-0.4, -0.2) is 34.9 Å². The molecule has 6 nitrogen and oxygen atoms in total. The molecule has 0 radical (unpaired) electrons. The van der Waals surface area contributed by atoms with E-state index in [9.17, 15) is 13.6 Å². The van der Waals surface area contributed by atoms with Crippen LogP contribution in [0.15, 0.2) is 6.07 Å². The van der Waals surface area contributed by atoms with Crippen molar-refractivity contribution in [3.05, 3.63) is 17.5 Å². The van der Waals surface area contributed by atoms with Crippen molar-refractivity contribution in [1.82, 2.24) is 15.4 Å². The lowest BCUT2D eigenvalue weighted by atomic mass is 10.1. The van der Waals surface area contributed by atoms with E-state index in [0.717, 1.165) is 0 Å². The molecule has 1 fully saturated rings. The molecule has 1 aromatic heterocycles. The number of hydrogen-bond acceptors (Lipinski definition) is 5. The van der Waals surface area contributed by atoms with Crippen LogP contribution in [0.3, 0.4) is 0 Å². The van der Waals surface area contributed by atoms with Gasteiger partial charge < -0.3 is 4.90 Å². The molecule has 1 amide bonds. The number of hydrogen-bond donors (Lipinski definition) is 2. The number of hydrazine groups is 1. The predicted molar refractivity (Wildman–Crippen MR) is 55.6 cm³/mol. The van der Waals surface area contributed by atoms with Crippen molar-refractivity contribution >= 4 is 11.9 Å². The molecule has 0 bridgehead atoms. The Balaban J connectivity index is 2.24. The van der Waals surface area contributed by atoms with Crippen LogP contribution in [0.2, 0.25) is 0 Å². The summed E-state index contributed by atoms with van der Waals surface area (Å²) in [4.78, 5) is 20.5. The summed E-state index contributed by atoms with van der Waals surface area (Å²) >= 11 is 0. The van der Waals surface area contributed by atoms with Gasteiger partial charge in [0, 0.05) is 5.69 Å². The van der Waals surface area contributed by atoms with Crippen LogP contribution in [-0.2, 0) is 0 Å². The Morgan fingerprint density at radius 1 is 1.53 bits per heavy atom. The fraction of sp³-hybridized carbons (Fsp3) is 0.444. The molecule has 0 atom stereocenters. The van der Waals surface area contributed by atoms with Crippen molar-refractivity contribution in [1.29, 1.82) is 0 Å². The zero-order valence-corrected chi connectivity index (χ0v) is 9.07. The van der Waals surface area contributed by atoms with E-state index >= 15 is 0 Å². The number of nitrogens with zero attached hydrogens (tertiary/aromatic N) is 3. The third-order valence-corrected chi connectivity index (χ3v) is 2.33. The molecule has 0 spiro atoms. The fourth-order valence-electron chi connectivity index (χ4n) is 1.54. The standard InChI is InChI=1S/C9H11F2N5O/c1-5-2-6(7(17)15-12)14-8(13-5)16-3-9(10,11)4-16/h2H,3-4,12H2,1H3,(H,15,17). The third-order valence-electron chi connectivity index (χ3n) is 2.33. The Morgan fingerprint density at radius 3 is 2.71 bits per heavy atom. The van der Waals surface area contributed by atoms with Gasteiger partial charge in [0.2, 0.25) is 5.95 Å². The third kappa shape index (κ3) is 2.31. The number of rotatable bonds is 2. The van der Waals surface area contributed by atoms with Crippen LogP contribution < -0.4 is 16.2 Å². The molecule has 17 heavy (non-hydrogen) atoms. The van der Waals surface area contributed by atoms with E-state index in [1.54, 1.807) is 6.92 Å². The molecule has 8 heteroatoms. The smallest absolute Gasteiger partial charge is 0.283 e. The highest BCUT2D eigenvalue weighted by Gasteiger charge is 2.45. The zero-order chi connectivity index (χ0) is 12.6. The second-order valence-electron chi connectivity index (χ2n) is 3.88. The van der Waals surface area contributed by atoms with Gasteiger partial charge in [-0.3, -0.25) is 10.2 Å². The van der Waals surface area contributed by atoms with Crippen molar-refractivity contribution in [3.63, 3.8) is 0 Å². The first-order valence-corrected chi connectivity index (χ1v) is 4.91. The van der Waals surface area contributed by atoms with Crippen LogP contribution in [0.5, 0.6) is 0 Å². The fourth-order valence-corrected chi connectivity index (χ4v) is 1.54. The van der Waals surface area contributed by atoms with Gasteiger partial charge in [-0.25, -0.2) is 24.6 Å². The Bertz CT molecular complexity index is 457. The quantitative estimate of drug-likeness (QED) is 0.428. The number of anilines is 1. The number of nitrogens with one attached hydrogen (secondary N) is 1. The van der Waals surface area contributed by atoms with Crippen molar-refractivity contribution in [2.45, 2.75) is 12.8 Å². The van der Waals surface area contributed by atoms with Crippen molar-refractivity contribution in [2.75, 3.05) is 18.0 Å². The van der Waals surface area contributed by atoms with E-state index in [-0.39, 0.29) is 11.6 Å². The van der Waals surface area contributed by atoms with Crippen molar-refractivity contribution in [2.24, 2.45) is 5.84 Å². The lowest BCUT2D eigenvalue weighted by Gasteiger charge is -2.38. The summed E-state index contributed by atoms with van der Waals surface area (Å²) < 4.78 is 25.4. The average molecular weight is 243 g/mol. The Labute approximate surface area is 95.8 Å². The summed E-state index contributed by atoms with van der Waals surface area (Å²) in [6.07, 6.45) is 0. The van der Waals surface area contributed by atoms with E-state index < -0.39 is 24.9 Å². The Kier molecular flexibility index (Phi) is 2.66. The molecule has 3 N–H and O–H groups in total. The summed E-state index contributed by atoms with van der Waals surface area (Å²) in [5, 5.41) is 0. The van der Waals surface area contributed by atoms with Crippen LogP contribution >= 0.6 is 0 Å².